The summed E-state index contributed by atoms with van der Waals surface area (Å²) in [4.78, 5) is 13.4. The molecule has 1 saturated heterocycles. The number of amidine groups is 1. The van der Waals surface area contributed by atoms with E-state index in [1.165, 1.54) is 0 Å². The van der Waals surface area contributed by atoms with Gasteiger partial charge in [-0.15, -0.1) is 0 Å². The smallest absolute Gasteiger partial charge is 0.317 e. The van der Waals surface area contributed by atoms with Gasteiger partial charge in [-0.3, -0.25) is 0 Å². The molecule has 1 unspecified atom stereocenters. The molecule has 0 aromatic rings. The number of nitrogens with two attached hydrogens (primary N) is 1. The maximum absolute atomic E-state index is 11.7. The minimum absolute atomic E-state index is 0.0463. The molecule has 2 amide bonds. The van der Waals surface area contributed by atoms with Gasteiger partial charge in [-0.2, -0.15) is 0 Å². The van der Waals surface area contributed by atoms with Crippen molar-refractivity contribution < 1.29 is 10.0 Å². The van der Waals surface area contributed by atoms with Crippen LogP contribution in [0.1, 0.15) is 26.2 Å². The molecule has 86 valence electrons. The van der Waals surface area contributed by atoms with Crippen LogP contribution < -0.4 is 11.1 Å². The van der Waals surface area contributed by atoms with Crippen molar-refractivity contribution in [1.82, 2.24) is 10.2 Å². The highest BCUT2D eigenvalue weighted by Crippen LogP contribution is 2.07. The second-order valence-electron chi connectivity index (χ2n) is 3.63. The molecule has 6 heteroatoms. The standard InChI is InChI=1S/C9H18N4O2/c1-2-7(8(10)12-15)11-9(14)13-5-3-4-6-13/h7,15H,2-6H2,1H3,(H2,10,12)(H,11,14). The molecular weight excluding hydrogens is 196 g/mol. The van der Waals surface area contributed by atoms with Crippen LogP contribution in [0.3, 0.4) is 0 Å². The molecule has 0 spiro atoms. The van der Waals surface area contributed by atoms with Crippen molar-refractivity contribution in [1.29, 1.82) is 0 Å². The summed E-state index contributed by atoms with van der Waals surface area (Å²) in [6.07, 6.45) is 2.71. The lowest BCUT2D eigenvalue weighted by Crippen LogP contribution is -2.49. The second kappa shape index (κ2) is 5.43. The quantitative estimate of drug-likeness (QED) is 0.273. The summed E-state index contributed by atoms with van der Waals surface area (Å²) < 4.78 is 0. The Kier molecular flexibility index (Phi) is 4.20. The number of hydrogen-bond donors (Lipinski definition) is 3. The van der Waals surface area contributed by atoms with Crippen LogP contribution in [0.15, 0.2) is 5.16 Å². The van der Waals surface area contributed by atoms with Crippen molar-refractivity contribution >= 4 is 11.9 Å². The van der Waals surface area contributed by atoms with Crippen LogP contribution in [0.2, 0.25) is 0 Å². The van der Waals surface area contributed by atoms with Gasteiger partial charge in [0.15, 0.2) is 5.84 Å². The molecule has 0 bridgehead atoms. The largest absolute Gasteiger partial charge is 0.409 e. The highest BCUT2D eigenvalue weighted by Gasteiger charge is 2.21. The van der Waals surface area contributed by atoms with E-state index in [-0.39, 0.29) is 17.9 Å². The molecule has 1 aliphatic rings. The van der Waals surface area contributed by atoms with E-state index < -0.39 is 0 Å². The number of likely N-dealkylation sites (tertiary alicyclic amines) is 1. The Hall–Kier alpha value is -1.46. The highest BCUT2D eigenvalue weighted by molar-refractivity contribution is 5.89. The van der Waals surface area contributed by atoms with E-state index in [1.807, 2.05) is 6.92 Å². The van der Waals surface area contributed by atoms with Gasteiger partial charge in [0, 0.05) is 13.1 Å². The lowest BCUT2D eigenvalue weighted by Gasteiger charge is -2.21. The molecule has 1 heterocycles. The number of nitrogens with zero attached hydrogens (tertiary/aromatic N) is 2. The number of rotatable bonds is 3. The summed E-state index contributed by atoms with van der Waals surface area (Å²) in [5, 5.41) is 14.1. The van der Waals surface area contributed by atoms with Gasteiger partial charge in [-0.25, -0.2) is 4.79 Å². The summed E-state index contributed by atoms with van der Waals surface area (Å²) >= 11 is 0. The Balaban J connectivity index is 2.47. The molecule has 1 fully saturated rings. The molecule has 0 aromatic heterocycles. The number of amides is 2. The number of hydrogen-bond acceptors (Lipinski definition) is 3. The Labute approximate surface area is 89.1 Å². The molecule has 0 saturated carbocycles. The lowest BCUT2D eigenvalue weighted by molar-refractivity contribution is 0.206. The van der Waals surface area contributed by atoms with E-state index >= 15 is 0 Å². The first kappa shape index (κ1) is 11.6. The SMILES string of the molecule is CCC(NC(=O)N1CCCC1)C(N)=NO. The predicted octanol–water partition coefficient (Wildman–Crippen LogP) is 0.317. The van der Waals surface area contributed by atoms with Crippen molar-refractivity contribution in [2.75, 3.05) is 13.1 Å². The van der Waals surface area contributed by atoms with Crippen molar-refractivity contribution in [3.8, 4) is 0 Å². The minimum atomic E-state index is -0.386. The van der Waals surface area contributed by atoms with E-state index in [4.69, 9.17) is 10.9 Å². The van der Waals surface area contributed by atoms with Crippen LogP contribution in [0, 0.1) is 0 Å². The topological polar surface area (TPSA) is 91.0 Å². The zero-order valence-electron chi connectivity index (χ0n) is 8.94. The lowest BCUT2D eigenvalue weighted by atomic mass is 10.2. The molecule has 1 aliphatic heterocycles. The Morgan fingerprint density at radius 3 is 2.67 bits per heavy atom. The van der Waals surface area contributed by atoms with Gasteiger partial charge >= 0.3 is 6.03 Å². The Bertz CT molecular complexity index is 248. The monoisotopic (exact) mass is 214 g/mol. The van der Waals surface area contributed by atoms with Crippen LogP contribution in [-0.4, -0.2) is 41.1 Å². The Morgan fingerprint density at radius 2 is 2.20 bits per heavy atom. The van der Waals surface area contributed by atoms with Crippen LogP contribution in [0.5, 0.6) is 0 Å². The third-order valence-corrected chi connectivity index (χ3v) is 2.57. The zero-order valence-corrected chi connectivity index (χ0v) is 8.94. The summed E-state index contributed by atoms with van der Waals surface area (Å²) in [6.45, 7) is 3.45. The highest BCUT2D eigenvalue weighted by atomic mass is 16.4. The average Bonchev–Trinajstić information content (AvgIpc) is 2.77. The first-order valence-electron chi connectivity index (χ1n) is 5.22. The van der Waals surface area contributed by atoms with Crippen molar-refractivity contribution in [2.45, 2.75) is 32.2 Å². The van der Waals surface area contributed by atoms with Crippen LogP contribution >= 0.6 is 0 Å². The average molecular weight is 214 g/mol. The third kappa shape index (κ3) is 3.00. The summed E-state index contributed by atoms with van der Waals surface area (Å²) in [6, 6.07) is -0.519. The van der Waals surface area contributed by atoms with E-state index in [2.05, 4.69) is 10.5 Å². The summed E-state index contributed by atoms with van der Waals surface area (Å²) in [5.74, 6) is 0.0463. The van der Waals surface area contributed by atoms with E-state index in [1.54, 1.807) is 4.90 Å². The molecule has 0 aliphatic carbocycles. The minimum Gasteiger partial charge on any atom is -0.409 e. The molecule has 15 heavy (non-hydrogen) atoms. The van der Waals surface area contributed by atoms with Gasteiger partial charge in [0.1, 0.15) is 0 Å². The van der Waals surface area contributed by atoms with Crippen molar-refractivity contribution in [3.63, 3.8) is 0 Å². The van der Waals surface area contributed by atoms with Gasteiger partial charge in [0.2, 0.25) is 0 Å². The normalized spacial score (nSPS) is 19.0. The fourth-order valence-corrected chi connectivity index (χ4v) is 1.62. The van der Waals surface area contributed by atoms with Crippen LogP contribution in [-0.2, 0) is 0 Å². The molecule has 0 aromatic carbocycles. The molecular formula is C9H18N4O2. The van der Waals surface area contributed by atoms with Crippen LogP contribution in [0.25, 0.3) is 0 Å². The van der Waals surface area contributed by atoms with Crippen LogP contribution in [0.4, 0.5) is 4.79 Å². The van der Waals surface area contributed by atoms with E-state index in [0.717, 1.165) is 25.9 Å². The molecule has 1 atom stereocenters. The fourth-order valence-electron chi connectivity index (χ4n) is 1.62. The van der Waals surface area contributed by atoms with E-state index in [9.17, 15) is 4.79 Å². The molecule has 6 nitrogen and oxygen atoms in total. The first-order chi connectivity index (χ1) is 7.19. The number of carbonyl (C=O) groups excluding carboxylic acids is 1. The second-order valence-corrected chi connectivity index (χ2v) is 3.63. The molecule has 1 rings (SSSR count). The third-order valence-electron chi connectivity index (χ3n) is 2.57. The van der Waals surface area contributed by atoms with Crippen molar-refractivity contribution in [3.05, 3.63) is 0 Å². The summed E-state index contributed by atoms with van der Waals surface area (Å²) in [7, 11) is 0. The van der Waals surface area contributed by atoms with Gasteiger partial charge < -0.3 is 21.2 Å². The fraction of sp³-hybridized carbons (Fsp3) is 0.778. The van der Waals surface area contributed by atoms with Gasteiger partial charge in [0.05, 0.1) is 6.04 Å². The number of carbonyl (C=O) groups is 1. The summed E-state index contributed by atoms with van der Waals surface area (Å²) in [5.41, 5.74) is 5.44. The van der Waals surface area contributed by atoms with Gasteiger partial charge in [-0.1, -0.05) is 12.1 Å². The van der Waals surface area contributed by atoms with Gasteiger partial charge in [0.25, 0.3) is 0 Å². The first-order valence-corrected chi connectivity index (χ1v) is 5.22. The number of urea groups is 1. The maximum Gasteiger partial charge on any atom is 0.317 e. The maximum atomic E-state index is 11.7. The molecule has 0 radical (unpaired) electrons. The van der Waals surface area contributed by atoms with Crippen molar-refractivity contribution in [2.24, 2.45) is 10.9 Å². The van der Waals surface area contributed by atoms with Gasteiger partial charge in [-0.05, 0) is 19.3 Å². The number of oxime groups is 1. The van der Waals surface area contributed by atoms with E-state index in [0.29, 0.717) is 6.42 Å². The zero-order chi connectivity index (χ0) is 11.3. The number of nitrogens with one attached hydrogen (secondary N) is 1. The molecule has 4 N–H and O–H groups in total. The Morgan fingerprint density at radius 1 is 1.60 bits per heavy atom. The predicted molar refractivity (Wildman–Crippen MR) is 56.8 cm³/mol.